The molecule has 0 aliphatic heterocycles. The standard InChI is InChI=1S/C36H48F2N2O8Si/c1-10-12-14-45-30-21(18-41)27(38)26(37)20-16-19-17-22-28(40(6)7)31-25(34(39-47-31)46-15-13-11-2)33(44)36(22,48-49(8,9)35(3,4)5)32(43)23(19)29(42)24(20)30/h18-19,22,28,42H,10-17H2,1-9H3/t19-,22-,28?,36-/m0/s1. The quantitative estimate of drug-likeness (QED) is 0.103. The van der Waals surface area contributed by atoms with Gasteiger partial charge in [0.25, 0.3) is 5.88 Å². The molecule has 3 aliphatic carbocycles. The molecule has 1 saturated carbocycles. The number of rotatable bonds is 12. The summed E-state index contributed by atoms with van der Waals surface area (Å²) in [5.41, 5.74) is -3.37. The lowest BCUT2D eigenvalue weighted by Crippen LogP contribution is -2.68. The van der Waals surface area contributed by atoms with Gasteiger partial charge in [0.15, 0.2) is 37.6 Å². The lowest BCUT2D eigenvalue weighted by molar-refractivity contribution is -0.140. The molecule has 3 aliphatic rings. The zero-order valence-electron chi connectivity index (χ0n) is 29.9. The maximum atomic E-state index is 15.8. The Hall–Kier alpha value is -3.42. The zero-order chi connectivity index (χ0) is 36.2. The van der Waals surface area contributed by atoms with Crippen molar-refractivity contribution in [2.45, 2.75) is 103 Å². The monoisotopic (exact) mass is 702 g/mol. The van der Waals surface area contributed by atoms with Crippen molar-refractivity contribution in [1.82, 2.24) is 10.1 Å². The smallest absolute Gasteiger partial charge is 0.265 e. The van der Waals surface area contributed by atoms with Crippen molar-refractivity contribution in [3.63, 3.8) is 0 Å². The third-order valence-electron chi connectivity index (χ3n) is 10.7. The van der Waals surface area contributed by atoms with Gasteiger partial charge in [0, 0.05) is 17.1 Å². The average molecular weight is 703 g/mol. The molecule has 49 heavy (non-hydrogen) atoms. The van der Waals surface area contributed by atoms with Crippen molar-refractivity contribution in [2.75, 3.05) is 27.3 Å². The largest absolute Gasteiger partial charge is 0.507 e. The molecule has 1 N–H and O–H groups in total. The van der Waals surface area contributed by atoms with E-state index in [-0.39, 0.29) is 72.0 Å². The Morgan fingerprint density at radius 2 is 1.67 bits per heavy atom. The highest BCUT2D eigenvalue weighted by Gasteiger charge is 2.69. The minimum atomic E-state index is -2.96. The molecule has 0 bridgehead atoms. The van der Waals surface area contributed by atoms with Crippen molar-refractivity contribution >= 4 is 31.9 Å². The molecule has 1 unspecified atom stereocenters. The van der Waals surface area contributed by atoms with Gasteiger partial charge in [-0.05, 0) is 69.0 Å². The van der Waals surface area contributed by atoms with E-state index in [9.17, 15) is 9.90 Å². The second-order valence-electron chi connectivity index (χ2n) is 15.1. The zero-order valence-corrected chi connectivity index (χ0v) is 30.9. The Kier molecular flexibility index (Phi) is 10.1. The fraction of sp³-hybridized carbons (Fsp3) is 0.611. The molecule has 0 spiro atoms. The van der Waals surface area contributed by atoms with Crippen LogP contribution in [-0.4, -0.2) is 74.2 Å². The first-order chi connectivity index (χ1) is 23.0. The molecule has 13 heteroatoms. The number of carbonyl (C=O) groups is 3. The van der Waals surface area contributed by atoms with E-state index in [2.05, 4.69) is 5.16 Å². The number of Topliss-reactive ketones (excluding diaryl/α,β-unsaturated/α-hetero) is 2. The molecular formula is C36H48F2N2O8Si. The third kappa shape index (κ3) is 5.75. The molecule has 1 aromatic carbocycles. The van der Waals surface area contributed by atoms with Gasteiger partial charge in [-0.3, -0.25) is 19.3 Å². The first kappa shape index (κ1) is 36.8. The summed E-state index contributed by atoms with van der Waals surface area (Å²) in [6.07, 6.45) is 2.85. The highest BCUT2D eigenvalue weighted by Crippen LogP contribution is 2.59. The fourth-order valence-corrected chi connectivity index (χ4v) is 8.63. The predicted octanol–water partition coefficient (Wildman–Crippen LogP) is 7.41. The molecule has 5 rings (SSSR count). The molecule has 0 radical (unpaired) electrons. The summed E-state index contributed by atoms with van der Waals surface area (Å²) < 4.78 is 55.8. The van der Waals surface area contributed by atoms with Crippen molar-refractivity contribution in [1.29, 1.82) is 0 Å². The van der Waals surface area contributed by atoms with Crippen LogP contribution in [0.4, 0.5) is 8.78 Å². The number of halogens is 2. The van der Waals surface area contributed by atoms with Gasteiger partial charge in [-0.2, -0.15) is 0 Å². The van der Waals surface area contributed by atoms with Crippen LogP contribution in [0.15, 0.2) is 10.1 Å². The molecule has 4 atom stereocenters. The van der Waals surface area contributed by atoms with Crippen LogP contribution in [0.2, 0.25) is 18.1 Å². The summed E-state index contributed by atoms with van der Waals surface area (Å²) in [6, 6.07) is -0.700. The number of ether oxygens (including phenoxy) is 2. The van der Waals surface area contributed by atoms with Crippen LogP contribution in [0.3, 0.4) is 0 Å². The molecule has 268 valence electrons. The van der Waals surface area contributed by atoms with Gasteiger partial charge in [0.1, 0.15) is 17.1 Å². The number of hydrogen-bond donors (Lipinski definition) is 1. The summed E-state index contributed by atoms with van der Waals surface area (Å²) in [5, 5.41) is 15.7. The van der Waals surface area contributed by atoms with E-state index in [1.807, 2.05) is 52.6 Å². The van der Waals surface area contributed by atoms with Crippen LogP contribution in [0.5, 0.6) is 11.6 Å². The van der Waals surface area contributed by atoms with Crippen LogP contribution in [0.1, 0.15) is 110 Å². The minimum absolute atomic E-state index is 0.0211. The van der Waals surface area contributed by atoms with E-state index in [0.29, 0.717) is 12.8 Å². The first-order valence-corrected chi connectivity index (χ1v) is 20.0. The van der Waals surface area contributed by atoms with Crippen LogP contribution < -0.4 is 9.47 Å². The summed E-state index contributed by atoms with van der Waals surface area (Å²) in [4.78, 5) is 44.4. The molecule has 1 aromatic heterocycles. The lowest BCUT2D eigenvalue weighted by atomic mass is 9.57. The normalized spacial score (nSPS) is 23.6. The first-order valence-electron chi connectivity index (χ1n) is 17.1. The molecule has 1 heterocycles. The van der Waals surface area contributed by atoms with Gasteiger partial charge in [-0.15, -0.1) is 0 Å². The number of aliphatic hydroxyl groups is 1. The predicted molar refractivity (Wildman–Crippen MR) is 181 cm³/mol. The second-order valence-corrected chi connectivity index (χ2v) is 19.9. The van der Waals surface area contributed by atoms with E-state index in [0.717, 1.165) is 12.8 Å². The molecule has 10 nitrogen and oxygen atoms in total. The number of nitrogens with zero attached hydrogens (tertiary/aromatic N) is 2. The van der Waals surface area contributed by atoms with Gasteiger partial charge in [0.2, 0.25) is 11.6 Å². The summed E-state index contributed by atoms with van der Waals surface area (Å²) >= 11 is 0. The van der Waals surface area contributed by atoms with E-state index in [1.165, 1.54) is 0 Å². The average Bonchev–Trinajstić information content (AvgIpc) is 3.43. The second kappa shape index (κ2) is 13.4. The SMILES string of the molecule is CCCCOc1noc2c1C(=O)[C@@]1(O[Si](C)(C)C(C)(C)C)C(=O)C3=C(O)c4c(c(F)c(F)c(C=O)c4OCCCC)C[C@H]3C[C@H]1C2N(C)C. The number of fused-ring (bicyclic) bond motifs is 4. The third-order valence-corrected chi connectivity index (χ3v) is 15.2. The molecule has 1 fully saturated rings. The summed E-state index contributed by atoms with van der Waals surface area (Å²) in [6.45, 7) is 14.1. The molecule has 2 aromatic rings. The Bertz CT molecular complexity index is 1690. The van der Waals surface area contributed by atoms with Crippen molar-refractivity contribution in [2.24, 2.45) is 11.8 Å². The maximum absolute atomic E-state index is 15.8. The van der Waals surface area contributed by atoms with E-state index in [4.69, 9.17) is 18.4 Å². The lowest BCUT2D eigenvalue weighted by Gasteiger charge is -2.55. The van der Waals surface area contributed by atoms with E-state index < -0.39 is 71.4 Å². The Morgan fingerprint density at radius 1 is 1.04 bits per heavy atom. The number of benzene rings is 1. The number of aliphatic hydroxyl groups excluding tert-OH is 1. The Morgan fingerprint density at radius 3 is 2.24 bits per heavy atom. The highest BCUT2D eigenvalue weighted by molar-refractivity contribution is 6.74. The van der Waals surface area contributed by atoms with Crippen molar-refractivity contribution in [3.8, 4) is 11.6 Å². The van der Waals surface area contributed by atoms with Gasteiger partial charge >= 0.3 is 0 Å². The van der Waals surface area contributed by atoms with E-state index >= 15 is 18.4 Å². The van der Waals surface area contributed by atoms with Crippen LogP contribution >= 0.6 is 0 Å². The van der Waals surface area contributed by atoms with Crippen molar-refractivity contribution < 1.29 is 46.7 Å². The van der Waals surface area contributed by atoms with E-state index in [1.54, 1.807) is 14.1 Å². The number of carbonyl (C=O) groups excluding carboxylic acids is 3. The van der Waals surface area contributed by atoms with Crippen LogP contribution in [0.25, 0.3) is 5.76 Å². The topological polar surface area (TPSA) is 128 Å². The van der Waals surface area contributed by atoms with Gasteiger partial charge in [0.05, 0.1) is 30.4 Å². The van der Waals surface area contributed by atoms with Gasteiger partial charge in [-0.25, -0.2) is 8.78 Å². The van der Waals surface area contributed by atoms with Gasteiger partial charge < -0.3 is 23.5 Å². The number of hydrogen-bond acceptors (Lipinski definition) is 10. The number of aromatic nitrogens is 1. The number of unbranched alkanes of at least 4 members (excludes halogenated alkanes) is 2. The minimum Gasteiger partial charge on any atom is -0.507 e. The summed E-state index contributed by atoms with van der Waals surface area (Å²) in [5.74, 6) is -6.54. The maximum Gasteiger partial charge on any atom is 0.265 e. The van der Waals surface area contributed by atoms with Crippen LogP contribution in [0, 0.1) is 23.5 Å². The van der Waals surface area contributed by atoms with Crippen LogP contribution in [-0.2, 0) is 15.6 Å². The van der Waals surface area contributed by atoms with Crippen molar-refractivity contribution in [3.05, 3.63) is 45.2 Å². The number of ketones is 2. The number of aldehydes is 1. The molecule has 0 amide bonds. The summed E-state index contributed by atoms with van der Waals surface area (Å²) in [7, 11) is 0.627. The molecule has 0 saturated heterocycles. The highest BCUT2D eigenvalue weighted by atomic mass is 28.4. The van der Waals surface area contributed by atoms with Gasteiger partial charge in [-0.1, -0.05) is 47.5 Å². The fourth-order valence-electron chi connectivity index (χ4n) is 7.18. The Labute approximate surface area is 287 Å². The molecular weight excluding hydrogens is 654 g/mol. The Balaban J connectivity index is 1.81.